The molecule has 2 unspecified atom stereocenters. The summed E-state index contributed by atoms with van der Waals surface area (Å²) in [5.41, 5.74) is -1.89. The molecule has 2 fully saturated rings. The second-order valence-electron chi connectivity index (χ2n) is 7.33. The molecule has 154 valence electrons. The van der Waals surface area contributed by atoms with Gasteiger partial charge in [-0.25, -0.2) is 4.79 Å². The van der Waals surface area contributed by atoms with Crippen LogP contribution in [0.3, 0.4) is 0 Å². The van der Waals surface area contributed by atoms with E-state index in [1.807, 2.05) is 0 Å². The van der Waals surface area contributed by atoms with E-state index in [-0.39, 0.29) is 12.0 Å². The molecule has 2 aliphatic heterocycles. The van der Waals surface area contributed by atoms with Gasteiger partial charge in [-0.05, 0) is 13.3 Å². The van der Waals surface area contributed by atoms with Gasteiger partial charge in [-0.15, -0.1) is 0 Å². The number of ether oxygens (including phenoxy) is 3. The third-order valence-corrected chi connectivity index (χ3v) is 5.65. The molecule has 7 N–H and O–H groups in total. The van der Waals surface area contributed by atoms with E-state index < -0.39 is 73.1 Å². The average Bonchev–Trinajstić information content (AvgIpc) is 2.85. The number of fused-ring (bicyclic) bond motifs is 1. The van der Waals surface area contributed by atoms with Gasteiger partial charge < -0.3 is 50.0 Å². The van der Waals surface area contributed by atoms with E-state index in [4.69, 9.17) is 14.2 Å². The number of rotatable bonds is 4. The van der Waals surface area contributed by atoms with Crippen molar-refractivity contribution in [2.24, 2.45) is 11.8 Å². The minimum atomic E-state index is -1.75. The van der Waals surface area contributed by atoms with Crippen LogP contribution < -0.4 is 0 Å². The maximum absolute atomic E-state index is 11.4. The lowest BCUT2D eigenvalue weighted by Gasteiger charge is -2.44. The van der Waals surface area contributed by atoms with Crippen molar-refractivity contribution in [1.29, 1.82) is 0 Å². The predicted molar refractivity (Wildman–Crippen MR) is 83.7 cm³/mol. The molecule has 1 saturated heterocycles. The molecule has 0 radical (unpaired) electrons. The molecule has 3 rings (SSSR count). The Balaban J connectivity index is 1.85. The molecular formula is C16H24O11. The highest BCUT2D eigenvalue weighted by atomic mass is 16.8. The van der Waals surface area contributed by atoms with E-state index in [9.17, 15) is 40.5 Å². The molecule has 0 bridgehead atoms. The Morgan fingerprint density at radius 3 is 2.48 bits per heavy atom. The lowest BCUT2D eigenvalue weighted by Crippen LogP contribution is -2.61. The minimum Gasteiger partial charge on any atom is -0.478 e. The van der Waals surface area contributed by atoms with Crippen molar-refractivity contribution in [3.8, 4) is 0 Å². The summed E-state index contributed by atoms with van der Waals surface area (Å²) < 4.78 is 16.1. The SMILES string of the molecule is C[C@@]1(O)C2C(C[C@@H]1O)C(C(=O)O)=CO[C@H]2O[C@@H]1O[C@H](CO)[C@@H](O)[C@H](O)[C@H]1O. The summed E-state index contributed by atoms with van der Waals surface area (Å²) in [6, 6.07) is 0. The van der Waals surface area contributed by atoms with Crippen molar-refractivity contribution in [2.75, 3.05) is 6.61 Å². The first-order chi connectivity index (χ1) is 12.6. The number of carbonyl (C=O) groups is 1. The highest BCUT2D eigenvalue weighted by molar-refractivity contribution is 5.87. The molecule has 27 heavy (non-hydrogen) atoms. The monoisotopic (exact) mass is 392 g/mol. The molecule has 0 aromatic heterocycles. The van der Waals surface area contributed by atoms with Crippen molar-refractivity contribution in [2.45, 2.75) is 62.0 Å². The van der Waals surface area contributed by atoms with E-state index >= 15 is 0 Å². The molecule has 11 nitrogen and oxygen atoms in total. The van der Waals surface area contributed by atoms with Gasteiger partial charge in [0.25, 0.3) is 0 Å². The molecule has 0 spiro atoms. The van der Waals surface area contributed by atoms with Crippen LogP contribution in [0.1, 0.15) is 13.3 Å². The number of carboxylic acid groups (broad SMARTS) is 1. The van der Waals surface area contributed by atoms with Crippen LogP contribution in [0.4, 0.5) is 0 Å². The minimum absolute atomic E-state index is 0.0340. The number of aliphatic hydroxyl groups excluding tert-OH is 5. The van der Waals surface area contributed by atoms with Gasteiger partial charge in [0.1, 0.15) is 24.4 Å². The molecule has 10 atom stereocenters. The number of carboxylic acids is 1. The molecule has 1 saturated carbocycles. The largest absolute Gasteiger partial charge is 0.478 e. The Labute approximate surface area is 154 Å². The molecule has 2 heterocycles. The zero-order valence-electron chi connectivity index (χ0n) is 14.5. The molecular weight excluding hydrogens is 368 g/mol. The third-order valence-electron chi connectivity index (χ3n) is 5.65. The molecule has 11 heteroatoms. The summed E-state index contributed by atoms with van der Waals surface area (Å²) in [5.74, 6) is -3.05. The van der Waals surface area contributed by atoms with Crippen molar-refractivity contribution in [3.05, 3.63) is 11.8 Å². The number of aliphatic carboxylic acids is 1. The van der Waals surface area contributed by atoms with E-state index in [0.29, 0.717) is 0 Å². The highest BCUT2D eigenvalue weighted by Crippen LogP contribution is 2.49. The van der Waals surface area contributed by atoms with Gasteiger partial charge >= 0.3 is 5.97 Å². The van der Waals surface area contributed by atoms with Gasteiger partial charge in [-0.2, -0.15) is 0 Å². The number of aliphatic hydroxyl groups is 6. The Hall–Kier alpha value is -1.31. The second-order valence-corrected chi connectivity index (χ2v) is 7.33. The summed E-state index contributed by atoms with van der Waals surface area (Å²) >= 11 is 0. The van der Waals surface area contributed by atoms with Crippen LogP contribution in [0.5, 0.6) is 0 Å². The summed E-state index contributed by atoms with van der Waals surface area (Å²) in [5, 5.41) is 69.1. The molecule has 0 amide bonds. The first-order valence-electron chi connectivity index (χ1n) is 8.54. The lowest BCUT2D eigenvalue weighted by molar-refractivity contribution is -0.347. The van der Waals surface area contributed by atoms with Crippen LogP contribution in [0.25, 0.3) is 0 Å². The fourth-order valence-corrected chi connectivity index (χ4v) is 3.99. The van der Waals surface area contributed by atoms with Crippen LogP contribution in [0.15, 0.2) is 11.8 Å². The second kappa shape index (κ2) is 7.26. The van der Waals surface area contributed by atoms with Crippen molar-refractivity contribution >= 4 is 5.97 Å². The first kappa shape index (κ1) is 20.4. The fourth-order valence-electron chi connectivity index (χ4n) is 3.99. The van der Waals surface area contributed by atoms with Crippen LogP contribution in [-0.2, 0) is 19.0 Å². The van der Waals surface area contributed by atoms with Gasteiger partial charge in [-0.3, -0.25) is 0 Å². The van der Waals surface area contributed by atoms with Crippen molar-refractivity contribution in [1.82, 2.24) is 0 Å². The zero-order chi connectivity index (χ0) is 20.1. The summed E-state index contributed by atoms with van der Waals surface area (Å²) in [4.78, 5) is 11.4. The van der Waals surface area contributed by atoms with E-state index in [1.54, 1.807) is 0 Å². The highest BCUT2D eigenvalue weighted by Gasteiger charge is 2.59. The lowest BCUT2D eigenvalue weighted by atomic mass is 9.81. The maximum atomic E-state index is 11.4. The Morgan fingerprint density at radius 2 is 1.89 bits per heavy atom. The van der Waals surface area contributed by atoms with Gasteiger partial charge in [0.2, 0.25) is 6.29 Å². The van der Waals surface area contributed by atoms with E-state index in [0.717, 1.165) is 6.26 Å². The summed E-state index contributed by atoms with van der Waals surface area (Å²) in [7, 11) is 0. The zero-order valence-corrected chi connectivity index (χ0v) is 14.5. The van der Waals surface area contributed by atoms with Crippen LogP contribution in [0, 0.1) is 11.8 Å². The predicted octanol–water partition coefficient (Wildman–Crippen LogP) is -3.12. The maximum Gasteiger partial charge on any atom is 0.334 e. The van der Waals surface area contributed by atoms with Crippen LogP contribution >= 0.6 is 0 Å². The van der Waals surface area contributed by atoms with E-state index in [2.05, 4.69) is 0 Å². The van der Waals surface area contributed by atoms with Crippen LogP contribution in [0.2, 0.25) is 0 Å². The van der Waals surface area contributed by atoms with Gasteiger partial charge in [0.15, 0.2) is 6.29 Å². The Kier molecular flexibility index (Phi) is 5.49. The summed E-state index contributed by atoms with van der Waals surface area (Å²) in [6.45, 7) is 0.669. The van der Waals surface area contributed by atoms with E-state index in [1.165, 1.54) is 6.92 Å². The Morgan fingerprint density at radius 1 is 1.22 bits per heavy atom. The number of hydrogen-bond acceptors (Lipinski definition) is 10. The quantitative estimate of drug-likeness (QED) is 0.256. The van der Waals surface area contributed by atoms with Gasteiger partial charge in [-0.1, -0.05) is 0 Å². The van der Waals surface area contributed by atoms with Gasteiger partial charge in [0, 0.05) is 5.92 Å². The molecule has 0 aromatic rings. The van der Waals surface area contributed by atoms with Crippen molar-refractivity contribution in [3.63, 3.8) is 0 Å². The fraction of sp³-hybridized carbons (Fsp3) is 0.812. The normalized spacial score (nSPS) is 49.9. The molecule has 3 aliphatic rings. The smallest absolute Gasteiger partial charge is 0.334 e. The summed E-state index contributed by atoms with van der Waals surface area (Å²) in [6.07, 6.45) is -9.29. The standard InChI is InChI=1S/C16H24O11/c1-16(24)8(18)2-5-6(13(22)23)4-25-14(9(5)16)27-15-12(21)11(20)10(19)7(3-17)26-15/h4-5,7-12,14-15,17-21,24H,2-3H2,1H3,(H,22,23)/t5?,7-,8+,9?,10-,11+,12-,14+,15+,16+/m1/s1. The van der Waals surface area contributed by atoms with Crippen LogP contribution in [-0.4, -0.2) is 97.0 Å². The first-order valence-corrected chi connectivity index (χ1v) is 8.54. The molecule has 0 aromatic carbocycles. The average molecular weight is 392 g/mol. The Bertz CT molecular complexity index is 603. The van der Waals surface area contributed by atoms with Gasteiger partial charge in [0.05, 0.1) is 36.1 Å². The number of hydrogen-bond donors (Lipinski definition) is 7. The third kappa shape index (κ3) is 3.34. The topological polar surface area (TPSA) is 186 Å². The van der Waals surface area contributed by atoms with Crippen molar-refractivity contribution < 1.29 is 54.8 Å². The molecule has 1 aliphatic carbocycles.